The fourth-order valence-corrected chi connectivity index (χ4v) is 3.08. The number of halogens is 2. The fourth-order valence-electron chi connectivity index (χ4n) is 2.88. The van der Waals surface area contributed by atoms with Crippen LogP contribution >= 0.6 is 11.6 Å². The van der Waals surface area contributed by atoms with E-state index in [9.17, 15) is 4.39 Å². The van der Waals surface area contributed by atoms with Crippen molar-refractivity contribution < 1.29 is 4.39 Å². The van der Waals surface area contributed by atoms with E-state index in [1.165, 1.54) is 5.56 Å². The summed E-state index contributed by atoms with van der Waals surface area (Å²) >= 11 is 5.80. The van der Waals surface area contributed by atoms with E-state index in [0.29, 0.717) is 23.8 Å². The Balaban J connectivity index is 1.67. The molecule has 3 atom stereocenters. The van der Waals surface area contributed by atoms with Crippen LogP contribution in [-0.2, 0) is 6.42 Å². The minimum Gasteiger partial charge on any atom is -0.327 e. The monoisotopic (exact) mass is 289 g/mol. The Morgan fingerprint density at radius 1 is 1.15 bits per heavy atom. The lowest BCUT2D eigenvalue weighted by molar-refractivity contribution is 0.547. The maximum absolute atomic E-state index is 13.9. The minimum absolute atomic E-state index is 0.0202. The maximum Gasteiger partial charge on any atom is 0.145 e. The van der Waals surface area contributed by atoms with Crippen LogP contribution in [0.4, 0.5) is 4.39 Å². The Bertz CT molecular complexity index is 599. The third kappa shape index (κ3) is 2.72. The van der Waals surface area contributed by atoms with Gasteiger partial charge in [-0.25, -0.2) is 4.39 Å². The first-order valence-corrected chi connectivity index (χ1v) is 7.28. The molecule has 3 rings (SSSR count). The highest BCUT2D eigenvalue weighted by Crippen LogP contribution is 2.49. The predicted octanol–water partition coefficient (Wildman–Crippen LogP) is 4.15. The second kappa shape index (κ2) is 5.55. The first-order chi connectivity index (χ1) is 9.66. The second-order valence-corrected chi connectivity index (χ2v) is 5.90. The van der Waals surface area contributed by atoms with Gasteiger partial charge in [0.15, 0.2) is 0 Å². The molecule has 0 heterocycles. The summed E-state index contributed by atoms with van der Waals surface area (Å²) in [5, 5.41) is 0.171. The molecule has 1 aliphatic rings. The first-order valence-electron chi connectivity index (χ1n) is 6.90. The third-order valence-corrected chi connectivity index (χ3v) is 4.40. The molecule has 0 spiro atoms. The molecule has 20 heavy (non-hydrogen) atoms. The number of hydrogen-bond donors (Lipinski definition) is 1. The molecule has 2 aromatic rings. The van der Waals surface area contributed by atoms with E-state index in [1.54, 1.807) is 18.2 Å². The number of rotatable bonds is 4. The molecule has 0 aromatic heterocycles. The van der Waals surface area contributed by atoms with Crippen molar-refractivity contribution >= 4 is 11.6 Å². The molecule has 104 valence electrons. The van der Waals surface area contributed by atoms with E-state index in [1.807, 2.05) is 18.2 Å². The highest BCUT2D eigenvalue weighted by atomic mass is 35.5. The summed E-state index contributed by atoms with van der Waals surface area (Å²) in [4.78, 5) is 0. The van der Waals surface area contributed by atoms with Crippen molar-refractivity contribution in [2.24, 2.45) is 11.7 Å². The van der Waals surface area contributed by atoms with Crippen LogP contribution in [0.15, 0.2) is 48.5 Å². The Morgan fingerprint density at radius 3 is 2.65 bits per heavy atom. The van der Waals surface area contributed by atoms with Gasteiger partial charge in [-0.05, 0) is 41.9 Å². The SMILES string of the molecule is NC(Cc1cccc(Cl)c1F)C1CC1c1ccccc1. The number of nitrogens with two attached hydrogens (primary N) is 1. The van der Waals surface area contributed by atoms with Gasteiger partial charge in [-0.2, -0.15) is 0 Å². The molecule has 1 fully saturated rings. The summed E-state index contributed by atoms with van der Waals surface area (Å²) in [7, 11) is 0. The van der Waals surface area contributed by atoms with Gasteiger partial charge in [-0.15, -0.1) is 0 Å². The molecule has 0 radical (unpaired) electrons. The molecule has 1 nitrogen and oxygen atoms in total. The standard InChI is InChI=1S/C17H17ClFN/c18-15-8-4-7-12(17(15)19)9-16(20)14-10-13(14)11-5-2-1-3-6-11/h1-8,13-14,16H,9-10,20H2. The highest BCUT2D eigenvalue weighted by Gasteiger charge is 2.42. The van der Waals surface area contributed by atoms with E-state index >= 15 is 0 Å². The van der Waals surface area contributed by atoms with Crippen molar-refractivity contribution in [1.82, 2.24) is 0 Å². The molecule has 1 aliphatic carbocycles. The van der Waals surface area contributed by atoms with Gasteiger partial charge in [-0.1, -0.05) is 54.1 Å². The van der Waals surface area contributed by atoms with Crippen LogP contribution in [-0.4, -0.2) is 6.04 Å². The Hall–Kier alpha value is -1.38. The maximum atomic E-state index is 13.9. The quantitative estimate of drug-likeness (QED) is 0.899. The minimum atomic E-state index is -0.332. The zero-order valence-corrected chi connectivity index (χ0v) is 11.9. The van der Waals surface area contributed by atoms with Crippen LogP contribution in [0.5, 0.6) is 0 Å². The largest absolute Gasteiger partial charge is 0.327 e. The summed E-state index contributed by atoms with van der Waals surface area (Å²) in [6.45, 7) is 0. The normalized spacial score (nSPS) is 22.6. The Morgan fingerprint density at radius 2 is 1.90 bits per heavy atom. The molecule has 0 aliphatic heterocycles. The van der Waals surface area contributed by atoms with Gasteiger partial charge in [0.2, 0.25) is 0 Å². The first kappa shape index (κ1) is 13.6. The van der Waals surface area contributed by atoms with E-state index in [-0.39, 0.29) is 16.9 Å². The lowest BCUT2D eigenvalue weighted by atomic mass is 9.99. The van der Waals surface area contributed by atoms with E-state index in [0.717, 1.165) is 6.42 Å². The van der Waals surface area contributed by atoms with Crippen molar-refractivity contribution in [3.05, 3.63) is 70.5 Å². The molecule has 1 saturated carbocycles. The molecule has 0 amide bonds. The van der Waals surface area contributed by atoms with Crippen LogP contribution < -0.4 is 5.73 Å². The van der Waals surface area contributed by atoms with Crippen molar-refractivity contribution in [1.29, 1.82) is 0 Å². The van der Waals surface area contributed by atoms with Crippen LogP contribution in [0.3, 0.4) is 0 Å². The van der Waals surface area contributed by atoms with Gasteiger partial charge >= 0.3 is 0 Å². The molecule has 3 unspecified atom stereocenters. The van der Waals surface area contributed by atoms with Crippen molar-refractivity contribution in [3.63, 3.8) is 0 Å². The molecule has 0 saturated heterocycles. The molecule has 3 heteroatoms. The summed E-state index contributed by atoms with van der Waals surface area (Å²) in [6.07, 6.45) is 1.63. The summed E-state index contributed by atoms with van der Waals surface area (Å²) < 4.78 is 13.9. The zero-order valence-electron chi connectivity index (χ0n) is 11.1. The van der Waals surface area contributed by atoms with Crippen molar-refractivity contribution in [2.45, 2.75) is 24.8 Å². The van der Waals surface area contributed by atoms with Gasteiger partial charge in [0.1, 0.15) is 5.82 Å². The Kier molecular flexibility index (Phi) is 3.77. The average molecular weight is 290 g/mol. The van der Waals surface area contributed by atoms with Gasteiger partial charge in [0.25, 0.3) is 0 Å². The number of benzene rings is 2. The average Bonchev–Trinajstić information content (AvgIpc) is 3.25. The zero-order chi connectivity index (χ0) is 14.1. The van der Waals surface area contributed by atoms with Crippen molar-refractivity contribution in [3.8, 4) is 0 Å². The Labute approximate surface area is 123 Å². The topological polar surface area (TPSA) is 26.0 Å². The molecule has 0 bridgehead atoms. The smallest absolute Gasteiger partial charge is 0.145 e. The summed E-state index contributed by atoms with van der Waals surface area (Å²) in [6, 6.07) is 15.5. The van der Waals surface area contributed by atoms with Gasteiger partial charge < -0.3 is 5.73 Å². The molecule has 2 N–H and O–H groups in total. The lowest BCUT2D eigenvalue weighted by Gasteiger charge is -2.13. The van der Waals surface area contributed by atoms with Crippen LogP contribution in [0.25, 0.3) is 0 Å². The predicted molar refractivity (Wildman–Crippen MR) is 80.4 cm³/mol. The third-order valence-electron chi connectivity index (χ3n) is 4.10. The summed E-state index contributed by atoms with van der Waals surface area (Å²) in [5.74, 6) is 0.630. The summed E-state index contributed by atoms with van der Waals surface area (Å²) in [5.41, 5.74) is 8.20. The lowest BCUT2D eigenvalue weighted by Crippen LogP contribution is -2.26. The van der Waals surface area contributed by atoms with Crippen LogP contribution in [0.2, 0.25) is 5.02 Å². The highest BCUT2D eigenvalue weighted by molar-refractivity contribution is 6.30. The van der Waals surface area contributed by atoms with Gasteiger partial charge in [0, 0.05) is 6.04 Å². The number of hydrogen-bond acceptors (Lipinski definition) is 1. The van der Waals surface area contributed by atoms with Gasteiger partial charge in [-0.3, -0.25) is 0 Å². The van der Waals surface area contributed by atoms with E-state index < -0.39 is 0 Å². The second-order valence-electron chi connectivity index (χ2n) is 5.50. The van der Waals surface area contributed by atoms with E-state index in [4.69, 9.17) is 17.3 Å². The van der Waals surface area contributed by atoms with Crippen LogP contribution in [0, 0.1) is 11.7 Å². The molecular formula is C17H17ClFN. The van der Waals surface area contributed by atoms with Crippen LogP contribution in [0.1, 0.15) is 23.5 Å². The fraction of sp³-hybridized carbons (Fsp3) is 0.294. The van der Waals surface area contributed by atoms with Gasteiger partial charge in [0.05, 0.1) is 5.02 Å². The molecular weight excluding hydrogens is 273 g/mol. The van der Waals surface area contributed by atoms with E-state index in [2.05, 4.69) is 12.1 Å². The molecule has 2 aromatic carbocycles. The van der Waals surface area contributed by atoms with Crippen molar-refractivity contribution in [2.75, 3.05) is 0 Å².